The van der Waals surface area contributed by atoms with Gasteiger partial charge < -0.3 is 15.2 Å². The number of fused-ring (bicyclic) bond motifs is 1. The van der Waals surface area contributed by atoms with Crippen molar-refractivity contribution in [3.8, 4) is 0 Å². The van der Waals surface area contributed by atoms with Gasteiger partial charge in [-0.15, -0.1) is 0 Å². The third-order valence-electron chi connectivity index (χ3n) is 5.26. The van der Waals surface area contributed by atoms with Gasteiger partial charge in [0.15, 0.2) is 0 Å². The standard InChI is InChI=1S/C19H26N4O2/c1-2-3-15-17-14(18(24)21-9-7-12-6-8-20-11-12)10-16(13-4-5-13)22-19(17)25-23-15/h10,12-13,20H,2-9,11H2,1H3,(H,21,24). The zero-order chi connectivity index (χ0) is 17.2. The van der Waals surface area contributed by atoms with Crippen LogP contribution in [-0.4, -0.2) is 35.7 Å². The van der Waals surface area contributed by atoms with Crippen LogP contribution in [-0.2, 0) is 6.42 Å². The van der Waals surface area contributed by atoms with Crippen molar-refractivity contribution in [3.05, 3.63) is 23.0 Å². The molecule has 25 heavy (non-hydrogen) atoms. The fraction of sp³-hybridized carbons (Fsp3) is 0.632. The van der Waals surface area contributed by atoms with Gasteiger partial charge in [-0.1, -0.05) is 18.5 Å². The minimum absolute atomic E-state index is 0.0270. The Morgan fingerprint density at radius 2 is 2.28 bits per heavy atom. The fourth-order valence-corrected chi connectivity index (χ4v) is 3.65. The summed E-state index contributed by atoms with van der Waals surface area (Å²) in [5, 5.41) is 11.4. The van der Waals surface area contributed by atoms with Gasteiger partial charge in [0.05, 0.1) is 16.6 Å². The lowest BCUT2D eigenvalue weighted by atomic mass is 10.0. The third-order valence-corrected chi connectivity index (χ3v) is 5.26. The van der Waals surface area contributed by atoms with Crippen molar-refractivity contribution in [1.82, 2.24) is 20.8 Å². The number of pyridine rings is 1. The second-order valence-electron chi connectivity index (χ2n) is 7.33. The van der Waals surface area contributed by atoms with Crippen molar-refractivity contribution >= 4 is 17.0 Å². The highest BCUT2D eigenvalue weighted by atomic mass is 16.5. The molecule has 1 saturated heterocycles. The Balaban J connectivity index is 1.56. The molecule has 2 aromatic rings. The smallest absolute Gasteiger partial charge is 0.259 e. The van der Waals surface area contributed by atoms with Gasteiger partial charge in [0, 0.05) is 18.2 Å². The Labute approximate surface area is 147 Å². The molecule has 4 rings (SSSR count). The lowest BCUT2D eigenvalue weighted by Gasteiger charge is -2.11. The van der Waals surface area contributed by atoms with Crippen LogP contribution < -0.4 is 10.6 Å². The molecule has 1 amide bonds. The number of aryl methyl sites for hydroxylation is 1. The first-order valence-corrected chi connectivity index (χ1v) is 9.54. The summed E-state index contributed by atoms with van der Waals surface area (Å²) in [6.45, 7) is 4.97. The largest absolute Gasteiger partial charge is 0.352 e. The van der Waals surface area contributed by atoms with E-state index in [1.54, 1.807) is 0 Å². The lowest BCUT2D eigenvalue weighted by molar-refractivity contribution is 0.0953. The van der Waals surface area contributed by atoms with Crippen molar-refractivity contribution < 1.29 is 9.32 Å². The molecule has 2 fully saturated rings. The molecule has 2 aromatic heterocycles. The zero-order valence-corrected chi connectivity index (χ0v) is 14.8. The predicted molar refractivity (Wildman–Crippen MR) is 95.7 cm³/mol. The first kappa shape index (κ1) is 16.5. The average Bonchev–Trinajstić information content (AvgIpc) is 3.20. The Bertz CT molecular complexity index is 760. The Kier molecular flexibility index (Phi) is 4.70. The zero-order valence-electron chi connectivity index (χ0n) is 14.8. The van der Waals surface area contributed by atoms with Crippen molar-refractivity contribution in [2.24, 2.45) is 5.92 Å². The van der Waals surface area contributed by atoms with Crippen molar-refractivity contribution in [1.29, 1.82) is 0 Å². The molecular weight excluding hydrogens is 316 g/mol. The molecular formula is C19H26N4O2. The minimum atomic E-state index is -0.0270. The number of hydrogen-bond donors (Lipinski definition) is 2. The van der Waals surface area contributed by atoms with Gasteiger partial charge >= 0.3 is 0 Å². The number of rotatable bonds is 7. The maximum atomic E-state index is 12.9. The third kappa shape index (κ3) is 3.54. The van der Waals surface area contributed by atoms with Gasteiger partial charge in [-0.25, -0.2) is 4.98 Å². The highest BCUT2D eigenvalue weighted by molar-refractivity contribution is 6.06. The summed E-state index contributed by atoms with van der Waals surface area (Å²) >= 11 is 0. The highest BCUT2D eigenvalue weighted by Gasteiger charge is 2.29. The molecule has 134 valence electrons. The Morgan fingerprint density at radius 1 is 1.40 bits per heavy atom. The van der Waals surface area contributed by atoms with E-state index in [1.807, 2.05) is 6.07 Å². The molecule has 0 aromatic carbocycles. The van der Waals surface area contributed by atoms with Crippen LogP contribution in [0.25, 0.3) is 11.1 Å². The predicted octanol–water partition coefficient (Wildman–Crippen LogP) is 2.78. The van der Waals surface area contributed by atoms with E-state index in [0.717, 1.165) is 62.0 Å². The molecule has 1 aliphatic carbocycles. The summed E-state index contributed by atoms with van der Waals surface area (Å²) in [5.74, 6) is 1.12. The van der Waals surface area contributed by atoms with Crippen LogP contribution >= 0.6 is 0 Å². The van der Waals surface area contributed by atoms with Gasteiger partial charge in [0.1, 0.15) is 0 Å². The van der Waals surface area contributed by atoms with Gasteiger partial charge in [-0.2, -0.15) is 0 Å². The van der Waals surface area contributed by atoms with Gasteiger partial charge in [-0.3, -0.25) is 4.79 Å². The summed E-state index contributed by atoms with van der Waals surface area (Å²) in [4.78, 5) is 17.5. The van der Waals surface area contributed by atoms with E-state index in [2.05, 4.69) is 27.7 Å². The van der Waals surface area contributed by atoms with Crippen LogP contribution in [0.4, 0.5) is 0 Å². The van der Waals surface area contributed by atoms with Crippen molar-refractivity contribution in [2.45, 2.75) is 51.4 Å². The molecule has 6 nitrogen and oxygen atoms in total. The van der Waals surface area contributed by atoms with Crippen LogP contribution in [0.2, 0.25) is 0 Å². The molecule has 0 radical (unpaired) electrons. The maximum Gasteiger partial charge on any atom is 0.259 e. The SMILES string of the molecule is CCCc1noc2nc(C3CC3)cc(C(=O)NCCC3CCNC3)c12. The molecule has 2 N–H and O–H groups in total. The molecule has 6 heteroatoms. The number of nitrogens with one attached hydrogen (secondary N) is 2. The van der Waals surface area contributed by atoms with E-state index >= 15 is 0 Å². The molecule has 0 spiro atoms. The van der Waals surface area contributed by atoms with E-state index in [0.29, 0.717) is 29.7 Å². The van der Waals surface area contributed by atoms with Crippen LogP contribution in [0.3, 0.4) is 0 Å². The normalized spacial score (nSPS) is 20.3. The number of carbonyl (C=O) groups is 1. The minimum Gasteiger partial charge on any atom is -0.352 e. The number of aromatic nitrogens is 2. The van der Waals surface area contributed by atoms with Crippen molar-refractivity contribution in [3.63, 3.8) is 0 Å². The van der Waals surface area contributed by atoms with E-state index in [1.165, 1.54) is 6.42 Å². The van der Waals surface area contributed by atoms with E-state index < -0.39 is 0 Å². The molecule has 3 heterocycles. The van der Waals surface area contributed by atoms with Crippen molar-refractivity contribution in [2.75, 3.05) is 19.6 Å². The lowest BCUT2D eigenvalue weighted by Crippen LogP contribution is -2.27. The van der Waals surface area contributed by atoms with Crippen LogP contribution in [0.5, 0.6) is 0 Å². The van der Waals surface area contributed by atoms with Gasteiger partial charge in [0.25, 0.3) is 11.6 Å². The highest BCUT2D eigenvalue weighted by Crippen LogP contribution is 2.40. The van der Waals surface area contributed by atoms with E-state index in [-0.39, 0.29) is 5.91 Å². The quantitative estimate of drug-likeness (QED) is 0.809. The molecule has 1 unspecified atom stereocenters. The van der Waals surface area contributed by atoms with Crippen LogP contribution in [0.15, 0.2) is 10.6 Å². The van der Waals surface area contributed by atoms with E-state index in [9.17, 15) is 4.79 Å². The van der Waals surface area contributed by atoms with Gasteiger partial charge in [-0.05, 0) is 57.2 Å². The maximum absolute atomic E-state index is 12.9. The second-order valence-corrected chi connectivity index (χ2v) is 7.33. The molecule has 1 aliphatic heterocycles. The average molecular weight is 342 g/mol. The monoisotopic (exact) mass is 342 g/mol. The Hall–Kier alpha value is -1.95. The second kappa shape index (κ2) is 7.12. The van der Waals surface area contributed by atoms with Crippen LogP contribution in [0, 0.1) is 5.92 Å². The number of hydrogen-bond acceptors (Lipinski definition) is 5. The van der Waals surface area contributed by atoms with E-state index in [4.69, 9.17) is 4.52 Å². The molecule has 1 saturated carbocycles. The summed E-state index contributed by atoms with van der Waals surface area (Å²) < 4.78 is 5.45. The summed E-state index contributed by atoms with van der Waals surface area (Å²) in [5.41, 5.74) is 3.01. The van der Waals surface area contributed by atoms with Crippen LogP contribution in [0.1, 0.15) is 66.7 Å². The summed E-state index contributed by atoms with van der Waals surface area (Å²) in [7, 11) is 0. The molecule has 0 bridgehead atoms. The number of amides is 1. The molecule has 1 atom stereocenters. The fourth-order valence-electron chi connectivity index (χ4n) is 3.65. The topological polar surface area (TPSA) is 80.0 Å². The Morgan fingerprint density at radius 3 is 3.00 bits per heavy atom. The summed E-state index contributed by atoms with van der Waals surface area (Å²) in [6, 6.07) is 1.96. The van der Waals surface area contributed by atoms with Gasteiger partial charge in [0.2, 0.25) is 0 Å². The first-order chi connectivity index (χ1) is 12.3. The first-order valence-electron chi connectivity index (χ1n) is 9.54. The summed E-state index contributed by atoms with van der Waals surface area (Å²) in [6.07, 6.45) is 6.27. The number of carbonyl (C=O) groups excluding carboxylic acids is 1. The number of nitrogens with zero attached hydrogens (tertiary/aromatic N) is 2. The molecule has 2 aliphatic rings.